The monoisotopic (exact) mass is 483 g/mol. The summed E-state index contributed by atoms with van der Waals surface area (Å²) in [7, 11) is 0. The number of hydrogen-bond acceptors (Lipinski definition) is 5. The van der Waals surface area contributed by atoms with Crippen LogP contribution in [0.1, 0.15) is 39.2 Å². The fraction of sp³-hybridized carbons (Fsp3) is 0.286. The van der Waals surface area contributed by atoms with Crippen molar-refractivity contribution in [1.29, 1.82) is 0 Å². The van der Waals surface area contributed by atoms with Crippen molar-refractivity contribution in [3.05, 3.63) is 66.1 Å². The third-order valence-electron chi connectivity index (χ3n) is 6.29. The number of carbonyl (C=O) groups is 2. The summed E-state index contributed by atoms with van der Waals surface area (Å²) in [4.78, 5) is 34.9. The molecule has 2 amide bonds. The lowest BCUT2D eigenvalue weighted by Gasteiger charge is -2.40. The Bertz CT molecular complexity index is 1380. The van der Waals surface area contributed by atoms with Crippen LogP contribution in [0, 0.1) is 23.7 Å². The normalized spacial score (nSPS) is 17.0. The molecular weight excluding hydrogens is 454 g/mol. The Hall–Kier alpha value is -4.38. The third kappa shape index (κ3) is 5.47. The van der Waals surface area contributed by atoms with Crippen LogP contribution in [-0.2, 0) is 4.79 Å². The predicted molar refractivity (Wildman–Crippen MR) is 141 cm³/mol. The highest BCUT2D eigenvalue weighted by molar-refractivity contribution is 6.02. The highest BCUT2D eigenvalue weighted by Gasteiger charge is 2.36. The number of anilines is 3. The van der Waals surface area contributed by atoms with Crippen LogP contribution in [0.15, 0.2) is 60.6 Å². The average molecular weight is 484 g/mol. The maximum atomic E-state index is 13.0. The molecule has 1 aromatic heterocycles. The second kappa shape index (κ2) is 10.1. The second-order valence-corrected chi connectivity index (χ2v) is 9.86. The van der Waals surface area contributed by atoms with Crippen molar-refractivity contribution < 1.29 is 14.7 Å². The summed E-state index contributed by atoms with van der Waals surface area (Å²) in [5.41, 5.74) is 3.12. The van der Waals surface area contributed by atoms with Gasteiger partial charge >= 0.3 is 6.09 Å². The number of amides is 2. The van der Waals surface area contributed by atoms with Crippen LogP contribution >= 0.6 is 0 Å². The number of likely N-dealkylation sites (tertiary alicyclic amines) is 1. The van der Waals surface area contributed by atoms with Gasteiger partial charge in [0.25, 0.3) is 0 Å². The number of hydrogen-bond donors (Lipinski definition) is 3. The number of nitrogens with one attached hydrogen (secondary N) is 2. The van der Waals surface area contributed by atoms with Gasteiger partial charge in [-0.2, -0.15) is 0 Å². The molecule has 1 unspecified atom stereocenters. The lowest BCUT2D eigenvalue weighted by atomic mass is 9.74. The number of aromatic nitrogens is 2. The van der Waals surface area contributed by atoms with Crippen LogP contribution in [-0.4, -0.2) is 38.5 Å². The number of rotatable bonds is 4. The summed E-state index contributed by atoms with van der Waals surface area (Å²) in [5, 5.41) is 16.6. The quantitative estimate of drug-likeness (QED) is 0.329. The van der Waals surface area contributed by atoms with Crippen molar-refractivity contribution >= 4 is 40.1 Å². The minimum Gasteiger partial charge on any atom is -0.465 e. The number of allylic oxidation sites excluding steroid dienone is 1. The zero-order valence-electron chi connectivity index (χ0n) is 20.6. The second-order valence-electron chi connectivity index (χ2n) is 9.86. The van der Waals surface area contributed by atoms with Gasteiger partial charge in [0.1, 0.15) is 12.1 Å². The number of carbonyl (C=O) groups excluding carboxylic acids is 1. The van der Waals surface area contributed by atoms with Crippen LogP contribution < -0.4 is 10.6 Å². The van der Waals surface area contributed by atoms with Crippen molar-refractivity contribution in [2.24, 2.45) is 11.3 Å². The molecule has 1 aliphatic rings. The van der Waals surface area contributed by atoms with Crippen LogP contribution in [0.5, 0.6) is 0 Å². The summed E-state index contributed by atoms with van der Waals surface area (Å²) in [6.45, 7) is 6.56. The molecule has 0 spiro atoms. The summed E-state index contributed by atoms with van der Waals surface area (Å²) < 4.78 is 0. The van der Waals surface area contributed by atoms with Gasteiger partial charge in [-0.05, 0) is 54.7 Å². The van der Waals surface area contributed by atoms with E-state index in [2.05, 4.69) is 47.3 Å². The first-order valence-corrected chi connectivity index (χ1v) is 11.8. The first-order valence-electron chi connectivity index (χ1n) is 11.8. The first kappa shape index (κ1) is 24.7. The van der Waals surface area contributed by atoms with Gasteiger partial charge in [0, 0.05) is 46.6 Å². The summed E-state index contributed by atoms with van der Waals surface area (Å²) in [6, 6.07) is 12.8. The fourth-order valence-electron chi connectivity index (χ4n) is 4.55. The highest BCUT2D eigenvalue weighted by Crippen LogP contribution is 2.40. The van der Waals surface area contributed by atoms with Gasteiger partial charge in [-0.3, -0.25) is 9.69 Å². The molecule has 0 saturated carbocycles. The highest BCUT2D eigenvalue weighted by atomic mass is 16.4. The summed E-state index contributed by atoms with van der Waals surface area (Å²) in [5.74, 6) is 2.74. The molecular formula is C28H29N5O3. The van der Waals surface area contributed by atoms with Crippen LogP contribution in [0.3, 0.4) is 0 Å². The molecule has 0 radical (unpaired) electrons. The van der Waals surface area contributed by atoms with E-state index in [1.807, 2.05) is 24.3 Å². The fourth-order valence-corrected chi connectivity index (χ4v) is 4.55. The largest absolute Gasteiger partial charge is 0.465 e. The van der Waals surface area contributed by atoms with Gasteiger partial charge in [0.2, 0.25) is 5.91 Å². The van der Waals surface area contributed by atoms with Crippen LogP contribution in [0.25, 0.3) is 10.9 Å². The Morgan fingerprint density at radius 3 is 2.69 bits per heavy atom. The van der Waals surface area contributed by atoms with Gasteiger partial charge in [-0.15, -0.1) is 6.42 Å². The van der Waals surface area contributed by atoms with E-state index < -0.39 is 6.09 Å². The Labute approximate surface area is 210 Å². The molecule has 1 aliphatic heterocycles. The van der Waals surface area contributed by atoms with E-state index >= 15 is 0 Å². The molecule has 36 heavy (non-hydrogen) atoms. The molecule has 3 aromatic rings. The molecule has 184 valence electrons. The van der Waals surface area contributed by atoms with Gasteiger partial charge < -0.3 is 15.7 Å². The van der Waals surface area contributed by atoms with E-state index in [1.54, 1.807) is 18.2 Å². The maximum absolute atomic E-state index is 13.0. The van der Waals surface area contributed by atoms with Gasteiger partial charge in [-0.1, -0.05) is 32.8 Å². The van der Waals surface area contributed by atoms with E-state index in [1.165, 1.54) is 17.3 Å². The smallest absolute Gasteiger partial charge is 0.411 e. The molecule has 1 saturated heterocycles. The summed E-state index contributed by atoms with van der Waals surface area (Å²) >= 11 is 0. The third-order valence-corrected chi connectivity index (χ3v) is 6.29. The number of nitrogens with zero attached hydrogens (tertiary/aromatic N) is 3. The predicted octanol–water partition coefficient (Wildman–Crippen LogP) is 5.61. The van der Waals surface area contributed by atoms with Gasteiger partial charge in [0.15, 0.2) is 0 Å². The molecule has 2 aromatic carbocycles. The lowest BCUT2D eigenvalue weighted by molar-refractivity contribution is -0.112. The summed E-state index contributed by atoms with van der Waals surface area (Å²) in [6.07, 6.45) is 8.94. The molecule has 1 atom stereocenters. The van der Waals surface area contributed by atoms with Gasteiger partial charge in [-0.25, -0.2) is 14.8 Å². The van der Waals surface area contributed by atoms with Crippen molar-refractivity contribution in [3.63, 3.8) is 0 Å². The van der Waals surface area contributed by atoms with E-state index in [0.717, 1.165) is 24.1 Å². The Morgan fingerprint density at radius 2 is 1.97 bits per heavy atom. The minimum atomic E-state index is -1.05. The van der Waals surface area contributed by atoms with Crippen LogP contribution in [0.4, 0.5) is 22.0 Å². The number of carboxylic acid groups (broad SMARTS) is 1. The van der Waals surface area contributed by atoms with Crippen molar-refractivity contribution in [2.75, 3.05) is 17.2 Å². The molecule has 1 fully saturated rings. The number of terminal acetylenes is 1. The van der Waals surface area contributed by atoms with E-state index in [0.29, 0.717) is 34.6 Å². The molecule has 2 heterocycles. The zero-order valence-corrected chi connectivity index (χ0v) is 20.6. The Balaban J connectivity index is 1.63. The first-order chi connectivity index (χ1) is 17.2. The SMILES string of the molecule is C#Cc1cccc(Nc2ncnc3ccc(NC(=O)C=C4C(C(C)(C)C)CCCN4C(=O)O)cc23)c1. The topological polar surface area (TPSA) is 107 Å². The lowest BCUT2D eigenvalue weighted by Crippen LogP contribution is -2.41. The minimum absolute atomic E-state index is 0.0484. The van der Waals surface area contributed by atoms with E-state index in [9.17, 15) is 14.7 Å². The Morgan fingerprint density at radius 1 is 1.17 bits per heavy atom. The van der Waals surface area contributed by atoms with E-state index in [4.69, 9.17) is 6.42 Å². The molecule has 0 bridgehead atoms. The average Bonchev–Trinajstić information content (AvgIpc) is 2.83. The molecule has 8 nitrogen and oxygen atoms in total. The van der Waals surface area contributed by atoms with Gasteiger partial charge in [0.05, 0.1) is 5.52 Å². The standard InChI is InChI=1S/C28H29N5O3/c1-5-18-8-6-9-19(14-18)32-26-21-15-20(11-12-23(21)29-17-30-26)31-25(34)16-24-22(28(2,3)4)10-7-13-33(24)27(35)36/h1,6,8-9,11-12,14-17,22H,7,10,13H2,2-4H3,(H,31,34)(H,35,36)(H,29,30,32). The number of benzene rings is 2. The van der Waals surface area contributed by atoms with E-state index in [-0.39, 0.29) is 17.2 Å². The Kier molecular flexibility index (Phi) is 6.93. The maximum Gasteiger partial charge on any atom is 0.411 e. The molecule has 0 aliphatic carbocycles. The molecule has 3 N–H and O–H groups in total. The number of piperidine rings is 1. The van der Waals surface area contributed by atoms with Crippen LogP contribution in [0.2, 0.25) is 0 Å². The molecule has 8 heteroatoms. The van der Waals surface area contributed by atoms with Crippen molar-refractivity contribution in [2.45, 2.75) is 33.6 Å². The van der Waals surface area contributed by atoms with Crippen molar-refractivity contribution in [3.8, 4) is 12.3 Å². The number of fused-ring (bicyclic) bond motifs is 1. The zero-order chi connectivity index (χ0) is 25.9. The van der Waals surface area contributed by atoms with Crippen molar-refractivity contribution in [1.82, 2.24) is 14.9 Å². The molecule has 4 rings (SSSR count).